The molecule has 0 N–H and O–H groups in total. The van der Waals surface area contributed by atoms with E-state index in [4.69, 9.17) is 4.99 Å². The van der Waals surface area contributed by atoms with Crippen molar-refractivity contribution in [2.45, 2.75) is 57.8 Å². The van der Waals surface area contributed by atoms with Crippen molar-refractivity contribution < 1.29 is 0 Å². The molecule has 1 aliphatic heterocycles. The Balaban J connectivity index is 1.69. The summed E-state index contributed by atoms with van der Waals surface area (Å²) in [5, 5.41) is 0. The van der Waals surface area contributed by atoms with Crippen LogP contribution < -0.4 is 0 Å². The van der Waals surface area contributed by atoms with Gasteiger partial charge in [0.25, 0.3) is 0 Å². The molecule has 2 atom stereocenters. The Morgan fingerprint density at radius 2 is 1.53 bits per heavy atom. The van der Waals surface area contributed by atoms with E-state index in [1.165, 1.54) is 64.3 Å². The van der Waals surface area contributed by atoms with Crippen LogP contribution in [0.25, 0.3) is 0 Å². The fourth-order valence-electron chi connectivity index (χ4n) is 3.99. The highest BCUT2D eigenvalue weighted by atomic mass is 14.8. The second-order valence-electron chi connectivity index (χ2n) is 5.75. The number of rotatable bonds is 1. The third kappa shape index (κ3) is 1.86. The van der Waals surface area contributed by atoms with Gasteiger partial charge in [0.05, 0.1) is 0 Å². The molecule has 1 nitrogen and oxygen atoms in total. The minimum atomic E-state index is 0.895. The monoisotopic (exact) mass is 205 g/mol. The molecule has 1 heteroatoms. The van der Waals surface area contributed by atoms with Crippen LogP contribution in [0.15, 0.2) is 4.99 Å². The third-order valence-electron chi connectivity index (χ3n) is 4.82. The van der Waals surface area contributed by atoms with Gasteiger partial charge in [-0.1, -0.05) is 32.1 Å². The van der Waals surface area contributed by atoms with Gasteiger partial charge < -0.3 is 0 Å². The summed E-state index contributed by atoms with van der Waals surface area (Å²) in [6.07, 6.45) is 13.1. The molecule has 0 bridgehead atoms. The normalized spacial score (nSPS) is 37.5. The van der Waals surface area contributed by atoms with Gasteiger partial charge in [0.2, 0.25) is 0 Å². The summed E-state index contributed by atoms with van der Waals surface area (Å²) in [7, 11) is 0. The molecule has 0 amide bonds. The average Bonchev–Trinajstić information content (AvgIpc) is 2.74. The van der Waals surface area contributed by atoms with Gasteiger partial charge in [0.15, 0.2) is 0 Å². The summed E-state index contributed by atoms with van der Waals surface area (Å²) in [5.74, 6) is 2.77. The van der Waals surface area contributed by atoms with Crippen LogP contribution in [0.4, 0.5) is 0 Å². The Labute approximate surface area is 93.4 Å². The van der Waals surface area contributed by atoms with E-state index in [1.807, 2.05) is 0 Å². The Kier molecular flexibility index (Phi) is 2.81. The zero-order chi connectivity index (χ0) is 10.1. The first kappa shape index (κ1) is 9.86. The molecule has 2 saturated carbocycles. The van der Waals surface area contributed by atoms with E-state index >= 15 is 0 Å². The summed E-state index contributed by atoms with van der Waals surface area (Å²) >= 11 is 0. The largest absolute Gasteiger partial charge is 0.293 e. The van der Waals surface area contributed by atoms with Crippen molar-refractivity contribution in [2.75, 3.05) is 6.54 Å². The Bertz CT molecular complexity index is 250. The van der Waals surface area contributed by atoms with Gasteiger partial charge in [-0.3, -0.25) is 4.99 Å². The van der Waals surface area contributed by atoms with Gasteiger partial charge in [0, 0.05) is 18.2 Å². The second kappa shape index (κ2) is 4.27. The number of fused-ring (bicyclic) bond motifs is 1. The van der Waals surface area contributed by atoms with Gasteiger partial charge in [0.1, 0.15) is 0 Å². The van der Waals surface area contributed by atoms with Crippen molar-refractivity contribution in [3.05, 3.63) is 0 Å². The second-order valence-corrected chi connectivity index (χ2v) is 5.75. The van der Waals surface area contributed by atoms with Crippen molar-refractivity contribution in [1.29, 1.82) is 0 Å². The van der Waals surface area contributed by atoms with Crippen molar-refractivity contribution in [1.82, 2.24) is 0 Å². The first-order chi connectivity index (χ1) is 7.45. The molecule has 2 aliphatic carbocycles. The number of hydrogen-bond acceptors (Lipinski definition) is 1. The van der Waals surface area contributed by atoms with Crippen molar-refractivity contribution in [3.63, 3.8) is 0 Å². The fraction of sp³-hybridized carbons (Fsp3) is 0.929. The molecule has 15 heavy (non-hydrogen) atoms. The highest BCUT2D eigenvalue weighted by Gasteiger charge is 2.36. The van der Waals surface area contributed by atoms with Gasteiger partial charge >= 0.3 is 0 Å². The van der Waals surface area contributed by atoms with Gasteiger partial charge in [-0.2, -0.15) is 0 Å². The SMILES string of the molecule is C1CCC(C2=NC[C@@H]3CCCC[C@H]23)CC1. The number of hydrogen-bond donors (Lipinski definition) is 0. The maximum Gasteiger partial charge on any atom is 0.0423 e. The highest BCUT2D eigenvalue weighted by Crippen LogP contribution is 2.40. The van der Waals surface area contributed by atoms with E-state index in [2.05, 4.69) is 0 Å². The van der Waals surface area contributed by atoms with Gasteiger partial charge in [-0.15, -0.1) is 0 Å². The van der Waals surface area contributed by atoms with Crippen LogP contribution in [-0.2, 0) is 0 Å². The molecule has 2 fully saturated rings. The van der Waals surface area contributed by atoms with Gasteiger partial charge in [-0.05, 0) is 37.5 Å². The van der Waals surface area contributed by atoms with Crippen LogP contribution in [0.3, 0.4) is 0 Å². The van der Waals surface area contributed by atoms with Crippen molar-refractivity contribution in [3.8, 4) is 0 Å². The molecule has 1 heterocycles. The van der Waals surface area contributed by atoms with Crippen molar-refractivity contribution in [2.24, 2.45) is 22.7 Å². The molecule has 3 rings (SSSR count). The van der Waals surface area contributed by atoms with Gasteiger partial charge in [-0.25, -0.2) is 0 Å². The lowest BCUT2D eigenvalue weighted by Crippen LogP contribution is -2.28. The molecule has 0 unspecified atom stereocenters. The van der Waals surface area contributed by atoms with Crippen LogP contribution in [0.2, 0.25) is 0 Å². The number of aliphatic imine (C=N–C) groups is 1. The zero-order valence-corrected chi connectivity index (χ0v) is 9.75. The van der Waals surface area contributed by atoms with Crippen LogP contribution in [-0.4, -0.2) is 12.3 Å². The molecule has 0 aromatic rings. The predicted octanol–water partition coefficient (Wildman–Crippen LogP) is 3.83. The maximum absolute atomic E-state index is 4.92. The van der Waals surface area contributed by atoms with Crippen LogP contribution >= 0.6 is 0 Å². The smallest absolute Gasteiger partial charge is 0.0423 e. The topological polar surface area (TPSA) is 12.4 Å². The Morgan fingerprint density at radius 3 is 2.40 bits per heavy atom. The molecule has 0 saturated heterocycles. The highest BCUT2D eigenvalue weighted by molar-refractivity contribution is 5.90. The lowest BCUT2D eigenvalue weighted by Gasteiger charge is -2.31. The molecule has 3 aliphatic rings. The molecular formula is C14H23N. The average molecular weight is 205 g/mol. The Morgan fingerprint density at radius 1 is 0.800 bits per heavy atom. The van der Waals surface area contributed by atoms with Crippen LogP contribution in [0.1, 0.15) is 57.8 Å². The molecule has 0 aromatic carbocycles. The van der Waals surface area contributed by atoms with E-state index in [0.717, 1.165) is 17.8 Å². The van der Waals surface area contributed by atoms with E-state index in [1.54, 1.807) is 5.71 Å². The summed E-state index contributed by atoms with van der Waals surface area (Å²) in [6, 6.07) is 0. The first-order valence-corrected chi connectivity index (χ1v) is 6.99. The lowest BCUT2D eigenvalue weighted by molar-refractivity contribution is 0.316. The molecule has 0 radical (unpaired) electrons. The molecular weight excluding hydrogens is 182 g/mol. The fourth-order valence-corrected chi connectivity index (χ4v) is 3.99. The zero-order valence-electron chi connectivity index (χ0n) is 9.75. The summed E-state index contributed by atoms with van der Waals surface area (Å²) in [4.78, 5) is 4.92. The third-order valence-corrected chi connectivity index (χ3v) is 4.82. The van der Waals surface area contributed by atoms with E-state index < -0.39 is 0 Å². The minimum absolute atomic E-state index is 0.895. The summed E-state index contributed by atoms with van der Waals surface area (Å²) in [5.41, 5.74) is 1.67. The molecule has 84 valence electrons. The van der Waals surface area contributed by atoms with E-state index in [9.17, 15) is 0 Å². The Hall–Kier alpha value is -0.330. The lowest BCUT2D eigenvalue weighted by atomic mass is 9.73. The predicted molar refractivity (Wildman–Crippen MR) is 64.3 cm³/mol. The maximum atomic E-state index is 4.92. The number of nitrogens with zero attached hydrogens (tertiary/aromatic N) is 1. The van der Waals surface area contributed by atoms with Crippen LogP contribution in [0.5, 0.6) is 0 Å². The molecule has 0 spiro atoms. The molecule has 0 aromatic heterocycles. The summed E-state index contributed by atoms with van der Waals surface area (Å²) < 4.78 is 0. The van der Waals surface area contributed by atoms with Crippen LogP contribution in [0, 0.1) is 17.8 Å². The first-order valence-electron chi connectivity index (χ1n) is 6.99. The van der Waals surface area contributed by atoms with E-state index in [-0.39, 0.29) is 0 Å². The standard InChI is InChI=1S/C14H23N/c1-2-6-11(7-3-1)14-13-9-5-4-8-12(13)10-15-14/h11-13H,1-10H2/t12-,13-/m0/s1. The summed E-state index contributed by atoms with van der Waals surface area (Å²) in [6.45, 7) is 1.18. The minimum Gasteiger partial charge on any atom is -0.293 e. The van der Waals surface area contributed by atoms with Crippen molar-refractivity contribution >= 4 is 5.71 Å². The quantitative estimate of drug-likeness (QED) is 0.617. The van der Waals surface area contributed by atoms with E-state index in [0.29, 0.717) is 0 Å².